The first-order valence-corrected chi connectivity index (χ1v) is 8.48. The Balaban J connectivity index is 1.59. The molecule has 2 fully saturated rings. The molecule has 0 aliphatic carbocycles. The van der Waals surface area contributed by atoms with Crippen LogP contribution in [0, 0.1) is 5.92 Å². The number of nitrogens with zero attached hydrogens (tertiary/aromatic N) is 3. The highest BCUT2D eigenvalue weighted by Gasteiger charge is 2.40. The van der Waals surface area contributed by atoms with Crippen molar-refractivity contribution in [1.82, 2.24) is 9.88 Å². The van der Waals surface area contributed by atoms with Crippen molar-refractivity contribution in [3.63, 3.8) is 0 Å². The number of carbonyl (C=O) groups is 1. The highest BCUT2D eigenvalue weighted by molar-refractivity contribution is 7.13. The van der Waals surface area contributed by atoms with Gasteiger partial charge in [0.1, 0.15) is 0 Å². The summed E-state index contributed by atoms with van der Waals surface area (Å²) < 4.78 is 64.1. The number of halogens is 5. The molecule has 1 aromatic rings. The lowest BCUT2D eigenvalue weighted by molar-refractivity contribution is -0.141. The van der Waals surface area contributed by atoms with Crippen LogP contribution in [0.1, 0.15) is 25.0 Å². The van der Waals surface area contributed by atoms with Crippen molar-refractivity contribution in [2.75, 3.05) is 31.1 Å². The van der Waals surface area contributed by atoms with Crippen molar-refractivity contribution < 1.29 is 26.7 Å². The maximum Gasteiger partial charge on any atom is 0.434 e. The number of amides is 1. The Morgan fingerprint density at radius 1 is 1.25 bits per heavy atom. The van der Waals surface area contributed by atoms with Crippen LogP contribution in [0.5, 0.6) is 0 Å². The second-order valence-electron chi connectivity index (χ2n) is 6.13. The van der Waals surface area contributed by atoms with Crippen LogP contribution in [-0.2, 0) is 11.0 Å². The number of rotatable bonds is 2. The normalized spacial score (nSPS) is 24.5. The molecule has 0 spiro atoms. The summed E-state index contributed by atoms with van der Waals surface area (Å²) in [7, 11) is 0. The van der Waals surface area contributed by atoms with E-state index in [1.54, 1.807) is 4.90 Å². The third-order valence-electron chi connectivity index (χ3n) is 4.40. The molecule has 2 aliphatic heterocycles. The second-order valence-corrected chi connectivity index (χ2v) is 6.96. The minimum atomic E-state index is -4.48. The van der Waals surface area contributed by atoms with Crippen LogP contribution < -0.4 is 4.90 Å². The fourth-order valence-electron chi connectivity index (χ4n) is 2.99. The fourth-order valence-corrected chi connectivity index (χ4v) is 3.86. The number of hydrogen-bond donors (Lipinski definition) is 0. The van der Waals surface area contributed by atoms with Crippen molar-refractivity contribution in [2.45, 2.75) is 31.4 Å². The van der Waals surface area contributed by atoms with Crippen LogP contribution >= 0.6 is 11.3 Å². The molecule has 2 saturated heterocycles. The zero-order valence-electron chi connectivity index (χ0n) is 12.7. The largest absolute Gasteiger partial charge is 0.434 e. The first-order chi connectivity index (χ1) is 11.2. The SMILES string of the molecule is O=C(C1CCN(c2nc(C(F)(F)F)cs2)C1)N1CCC(F)(F)CC1. The van der Waals surface area contributed by atoms with E-state index in [9.17, 15) is 26.7 Å². The molecule has 2 aliphatic rings. The summed E-state index contributed by atoms with van der Waals surface area (Å²) in [5, 5.41) is 1.19. The van der Waals surface area contributed by atoms with Gasteiger partial charge in [0.15, 0.2) is 10.8 Å². The maximum atomic E-state index is 13.2. The van der Waals surface area contributed by atoms with Gasteiger partial charge in [-0.25, -0.2) is 13.8 Å². The number of piperidine rings is 1. The van der Waals surface area contributed by atoms with E-state index in [2.05, 4.69) is 4.98 Å². The number of carbonyl (C=O) groups excluding carboxylic acids is 1. The number of thiazole rings is 1. The van der Waals surface area contributed by atoms with Crippen molar-refractivity contribution in [1.29, 1.82) is 0 Å². The molecule has 134 valence electrons. The van der Waals surface area contributed by atoms with Crippen LogP contribution in [0.25, 0.3) is 0 Å². The van der Waals surface area contributed by atoms with E-state index in [4.69, 9.17) is 0 Å². The molecule has 10 heteroatoms. The summed E-state index contributed by atoms with van der Waals surface area (Å²) in [6, 6.07) is 0. The molecular formula is C14H16F5N3OS. The van der Waals surface area contributed by atoms with E-state index in [1.807, 2.05) is 0 Å². The standard InChI is InChI=1S/C14H16F5N3OS/c15-13(16)2-5-21(6-3-13)11(23)9-1-4-22(7-9)12-20-10(8-24-12)14(17,18)19/h8-9H,1-7H2. The van der Waals surface area contributed by atoms with Gasteiger partial charge in [-0.05, 0) is 6.42 Å². The third kappa shape index (κ3) is 3.62. The Morgan fingerprint density at radius 3 is 2.50 bits per heavy atom. The smallest absolute Gasteiger partial charge is 0.347 e. The van der Waals surface area contributed by atoms with E-state index in [0.717, 1.165) is 16.7 Å². The van der Waals surface area contributed by atoms with Crippen LogP contribution in [0.4, 0.5) is 27.1 Å². The number of likely N-dealkylation sites (tertiary alicyclic amines) is 1. The maximum absolute atomic E-state index is 13.2. The Hall–Kier alpha value is -1.45. The van der Waals surface area contributed by atoms with E-state index in [1.165, 1.54) is 4.90 Å². The van der Waals surface area contributed by atoms with Crippen molar-refractivity contribution in [3.8, 4) is 0 Å². The van der Waals surface area contributed by atoms with Gasteiger partial charge < -0.3 is 9.80 Å². The van der Waals surface area contributed by atoms with Gasteiger partial charge >= 0.3 is 6.18 Å². The Labute approximate surface area is 139 Å². The number of alkyl halides is 5. The van der Waals surface area contributed by atoms with Gasteiger partial charge in [0.05, 0.1) is 5.92 Å². The molecule has 1 unspecified atom stereocenters. The highest BCUT2D eigenvalue weighted by Crippen LogP contribution is 2.35. The molecule has 0 radical (unpaired) electrons. The van der Waals surface area contributed by atoms with Crippen molar-refractivity contribution >= 4 is 22.4 Å². The molecule has 1 atom stereocenters. The average Bonchev–Trinajstić information content (AvgIpc) is 3.15. The zero-order chi connectivity index (χ0) is 17.5. The van der Waals surface area contributed by atoms with Gasteiger partial charge in [0.2, 0.25) is 5.91 Å². The fraction of sp³-hybridized carbons (Fsp3) is 0.714. The summed E-state index contributed by atoms with van der Waals surface area (Å²) >= 11 is 0.894. The summed E-state index contributed by atoms with van der Waals surface area (Å²) in [4.78, 5) is 19.1. The monoisotopic (exact) mass is 369 g/mol. The van der Waals surface area contributed by atoms with Gasteiger partial charge in [-0.3, -0.25) is 4.79 Å². The summed E-state index contributed by atoms with van der Waals surface area (Å²) in [6.45, 7) is 0.761. The third-order valence-corrected chi connectivity index (χ3v) is 5.30. The van der Waals surface area contributed by atoms with Crippen LogP contribution in [0.2, 0.25) is 0 Å². The predicted octanol–water partition coefficient (Wildman–Crippen LogP) is 3.25. The number of hydrogen-bond acceptors (Lipinski definition) is 4. The highest BCUT2D eigenvalue weighted by atomic mass is 32.1. The molecular weight excluding hydrogens is 353 g/mol. The minimum absolute atomic E-state index is 0.0256. The Bertz CT molecular complexity index is 608. The molecule has 0 bridgehead atoms. The molecule has 0 saturated carbocycles. The molecule has 3 heterocycles. The first kappa shape index (κ1) is 17.4. The van der Waals surface area contributed by atoms with Crippen LogP contribution in [0.15, 0.2) is 5.38 Å². The summed E-state index contributed by atoms with van der Waals surface area (Å²) in [5.74, 6) is -3.29. The van der Waals surface area contributed by atoms with Crippen LogP contribution in [-0.4, -0.2) is 47.9 Å². The summed E-state index contributed by atoms with van der Waals surface area (Å²) in [6.07, 6.45) is -4.66. The van der Waals surface area contributed by atoms with Gasteiger partial charge in [-0.2, -0.15) is 13.2 Å². The lowest BCUT2D eigenvalue weighted by Gasteiger charge is -2.33. The Kier molecular flexibility index (Phi) is 4.43. The molecule has 4 nitrogen and oxygen atoms in total. The van der Waals surface area contributed by atoms with Crippen molar-refractivity contribution in [3.05, 3.63) is 11.1 Å². The van der Waals surface area contributed by atoms with Gasteiger partial charge in [0.25, 0.3) is 5.92 Å². The minimum Gasteiger partial charge on any atom is -0.347 e. The zero-order valence-corrected chi connectivity index (χ0v) is 13.5. The lowest BCUT2D eigenvalue weighted by Crippen LogP contribution is -2.45. The quantitative estimate of drug-likeness (QED) is 0.751. The topological polar surface area (TPSA) is 36.4 Å². The van der Waals surface area contributed by atoms with E-state index >= 15 is 0 Å². The van der Waals surface area contributed by atoms with Gasteiger partial charge in [-0.15, -0.1) is 11.3 Å². The van der Waals surface area contributed by atoms with Crippen molar-refractivity contribution in [2.24, 2.45) is 5.92 Å². The van der Waals surface area contributed by atoms with Crippen LogP contribution in [0.3, 0.4) is 0 Å². The molecule has 3 rings (SSSR count). The lowest BCUT2D eigenvalue weighted by atomic mass is 10.0. The predicted molar refractivity (Wildman–Crippen MR) is 78.2 cm³/mol. The average molecular weight is 369 g/mol. The van der Waals surface area contributed by atoms with E-state index < -0.39 is 17.8 Å². The molecule has 0 N–H and O–H groups in total. The number of anilines is 1. The molecule has 0 aromatic carbocycles. The van der Waals surface area contributed by atoms with E-state index in [0.29, 0.717) is 13.0 Å². The van der Waals surface area contributed by atoms with E-state index in [-0.39, 0.29) is 49.4 Å². The number of aromatic nitrogens is 1. The van der Waals surface area contributed by atoms with Gasteiger partial charge in [-0.1, -0.05) is 0 Å². The second kappa shape index (κ2) is 6.12. The molecule has 24 heavy (non-hydrogen) atoms. The molecule has 1 aromatic heterocycles. The summed E-state index contributed by atoms with van der Waals surface area (Å²) in [5.41, 5.74) is -0.935. The first-order valence-electron chi connectivity index (χ1n) is 7.60. The van der Waals surface area contributed by atoms with Gasteiger partial charge in [0, 0.05) is 44.4 Å². The molecule has 1 amide bonds. The Morgan fingerprint density at radius 2 is 1.92 bits per heavy atom.